The van der Waals surface area contributed by atoms with Crippen LogP contribution in [0, 0.1) is 0 Å². The predicted molar refractivity (Wildman–Crippen MR) is 119 cm³/mol. The number of aldehydes is 1. The lowest BCUT2D eigenvalue weighted by Crippen LogP contribution is -2.19. The third-order valence-electron chi connectivity index (χ3n) is 4.47. The number of rotatable bonds is 6. The van der Waals surface area contributed by atoms with E-state index in [9.17, 15) is 9.59 Å². The smallest absolute Gasteiger partial charge is 0.343 e. The van der Waals surface area contributed by atoms with Gasteiger partial charge in [-0.25, -0.2) is 9.78 Å². The highest BCUT2D eigenvalue weighted by atomic mass is 35.5. The third-order valence-corrected chi connectivity index (χ3v) is 4.77. The Kier molecular flexibility index (Phi) is 6.68. The molecule has 30 heavy (non-hydrogen) atoms. The van der Waals surface area contributed by atoms with Crippen LogP contribution in [0.25, 0.3) is 5.70 Å². The van der Waals surface area contributed by atoms with Gasteiger partial charge in [-0.2, -0.15) is 0 Å². The maximum Gasteiger partial charge on any atom is 0.343 e. The van der Waals surface area contributed by atoms with Crippen LogP contribution in [-0.4, -0.2) is 57.7 Å². The largest absolute Gasteiger partial charge is 0.460 e. The van der Waals surface area contributed by atoms with Crippen molar-refractivity contribution in [3.8, 4) is 0 Å². The molecule has 2 N–H and O–H groups in total. The summed E-state index contributed by atoms with van der Waals surface area (Å²) in [5.41, 5.74) is 4.03. The number of hydrogen-bond acceptors (Lipinski definition) is 8. The summed E-state index contributed by atoms with van der Waals surface area (Å²) in [5, 5.41) is 6.80. The van der Waals surface area contributed by atoms with E-state index in [4.69, 9.17) is 16.3 Å². The van der Waals surface area contributed by atoms with Crippen LogP contribution in [0.4, 0.5) is 17.1 Å². The maximum absolute atomic E-state index is 12.2. The molecule has 2 heterocycles. The molecule has 9 heteroatoms. The average Bonchev–Trinajstić information content (AvgIpc) is 2.91. The van der Waals surface area contributed by atoms with E-state index < -0.39 is 5.97 Å². The highest BCUT2D eigenvalue weighted by Gasteiger charge is 2.23. The van der Waals surface area contributed by atoms with Gasteiger partial charge in [0.1, 0.15) is 17.3 Å². The second-order valence-electron chi connectivity index (χ2n) is 6.67. The fourth-order valence-electron chi connectivity index (χ4n) is 3.11. The van der Waals surface area contributed by atoms with Crippen LogP contribution in [-0.2, 0) is 14.3 Å². The molecule has 0 unspecified atom stereocenters. The summed E-state index contributed by atoms with van der Waals surface area (Å²) >= 11 is 6.21. The summed E-state index contributed by atoms with van der Waals surface area (Å²) in [4.78, 5) is 33.9. The van der Waals surface area contributed by atoms with Crippen molar-refractivity contribution >= 4 is 52.8 Å². The van der Waals surface area contributed by atoms with Crippen molar-refractivity contribution in [3.05, 3.63) is 52.3 Å². The van der Waals surface area contributed by atoms with Gasteiger partial charge in [0.25, 0.3) is 0 Å². The number of carbonyl (C=O) groups excluding carboxylic acids is 2. The van der Waals surface area contributed by atoms with Crippen LogP contribution >= 0.6 is 11.6 Å². The van der Waals surface area contributed by atoms with Gasteiger partial charge in [-0.15, -0.1) is 0 Å². The Balaban J connectivity index is 2.12. The first-order valence-corrected chi connectivity index (χ1v) is 9.60. The first-order chi connectivity index (χ1) is 14.5. The van der Waals surface area contributed by atoms with Gasteiger partial charge in [0, 0.05) is 57.0 Å². The van der Waals surface area contributed by atoms with E-state index in [0.29, 0.717) is 34.8 Å². The minimum absolute atomic E-state index is 0.0430. The molecule has 8 nitrogen and oxygen atoms in total. The Morgan fingerprint density at radius 1 is 1.33 bits per heavy atom. The number of esters is 1. The predicted octanol–water partition coefficient (Wildman–Crippen LogP) is 2.65. The molecule has 0 amide bonds. The quantitative estimate of drug-likeness (QED) is 0.240. The normalized spacial score (nSPS) is 14.2. The number of pyridine rings is 1. The van der Waals surface area contributed by atoms with Gasteiger partial charge in [-0.05, 0) is 24.3 Å². The van der Waals surface area contributed by atoms with Crippen LogP contribution in [0.1, 0.15) is 11.1 Å². The number of hydrogen-bond donors (Lipinski definition) is 2. The number of nitrogens with one attached hydrogen (secondary N) is 2. The van der Waals surface area contributed by atoms with Gasteiger partial charge in [0.2, 0.25) is 0 Å². The number of nitrogens with zero attached hydrogens (tertiary/aromatic N) is 3. The van der Waals surface area contributed by atoms with Crippen molar-refractivity contribution in [2.24, 2.45) is 4.99 Å². The van der Waals surface area contributed by atoms with Crippen molar-refractivity contribution in [2.75, 3.05) is 44.5 Å². The van der Waals surface area contributed by atoms with Crippen LogP contribution in [0.2, 0.25) is 5.15 Å². The average molecular weight is 428 g/mol. The number of aromatic nitrogens is 1. The van der Waals surface area contributed by atoms with Crippen LogP contribution in [0.3, 0.4) is 0 Å². The maximum atomic E-state index is 12.2. The fourth-order valence-corrected chi connectivity index (χ4v) is 3.32. The fraction of sp³-hybridized carbons (Fsp3) is 0.238. The van der Waals surface area contributed by atoms with Crippen LogP contribution in [0.5, 0.6) is 0 Å². The van der Waals surface area contributed by atoms with Gasteiger partial charge in [-0.3, -0.25) is 9.79 Å². The second kappa shape index (κ2) is 9.41. The number of anilines is 3. The van der Waals surface area contributed by atoms with Crippen molar-refractivity contribution in [2.45, 2.75) is 0 Å². The summed E-state index contributed by atoms with van der Waals surface area (Å²) in [5.74, 6) is -0.643. The number of carbonyl (C=O) groups is 2. The zero-order valence-corrected chi connectivity index (χ0v) is 17.7. The van der Waals surface area contributed by atoms with E-state index in [0.717, 1.165) is 17.1 Å². The van der Waals surface area contributed by atoms with E-state index in [1.165, 1.54) is 0 Å². The first-order valence-electron chi connectivity index (χ1n) is 9.22. The summed E-state index contributed by atoms with van der Waals surface area (Å²) in [7, 11) is 5.43. The number of halogens is 1. The van der Waals surface area contributed by atoms with Gasteiger partial charge in [0.15, 0.2) is 6.29 Å². The summed E-state index contributed by atoms with van der Waals surface area (Å²) in [6.45, 7) is 0.587. The van der Waals surface area contributed by atoms with E-state index >= 15 is 0 Å². The molecule has 0 spiro atoms. The highest BCUT2D eigenvalue weighted by molar-refractivity contribution is 6.32. The molecule has 1 aromatic heterocycles. The number of benzene rings is 1. The first kappa shape index (κ1) is 21.3. The third kappa shape index (κ3) is 4.44. The molecule has 0 bridgehead atoms. The van der Waals surface area contributed by atoms with Gasteiger partial charge in [-0.1, -0.05) is 11.6 Å². The van der Waals surface area contributed by atoms with E-state index in [2.05, 4.69) is 20.6 Å². The molecule has 0 saturated carbocycles. The lowest BCUT2D eigenvalue weighted by Gasteiger charge is -2.21. The molecule has 1 aliphatic heterocycles. The Morgan fingerprint density at radius 3 is 2.83 bits per heavy atom. The molecular weight excluding hydrogens is 406 g/mol. The Labute approximate surface area is 179 Å². The molecule has 0 radical (unpaired) electrons. The van der Waals surface area contributed by atoms with Gasteiger partial charge >= 0.3 is 5.97 Å². The molecule has 0 atom stereocenters. The van der Waals surface area contributed by atoms with E-state index in [1.807, 2.05) is 37.2 Å². The molecule has 0 saturated heterocycles. The Bertz CT molecular complexity index is 1030. The summed E-state index contributed by atoms with van der Waals surface area (Å²) in [6.07, 6.45) is 3.75. The number of cyclic esters (lactones) is 1. The Hall–Kier alpha value is -3.39. The highest BCUT2D eigenvalue weighted by Crippen LogP contribution is 2.32. The zero-order chi connectivity index (χ0) is 21.7. The topological polar surface area (TPSA) is 95.9 Å². The monoisotopic (exact) mass is 427 g/mol. The lowest BCUT2D eigenvalue weighted by atomic mass is 10.0. The van der Waals surface area contributed by atoms with Gasteiger partial charge < -0.3 is 20.3 Å². The minimum Gasteiger partial charge on any atom is -0.460 e. The van der Waals surface area contributed by atoms with Crippen molar-refractivity contribution in [3.63, 3.8) is 0 Å². The van der Waals surface area contributed by atoms with Crippen molar-refractivity contribution in [1.82, 2.24) is 10.3 Å². The van der Waals surface area contributed by atoms with E-state index in [1.54, 1.807) is 25.5 Å². The molecular formula is C21H22ClN5O3. The molecule has 1 aliphatic rings. The number of ether oxygens (including phenoxy) is 1. The molecule has 156 valence electrons. The molecule has 0 fully saturated rings. The van der Waals surface area contributed by atoms with Crippen molar-refractivity contribution in [1.29, 1.82) is 0 Å². The molecule has 1 aromatic carbocycles. The molecule has 3 rings (SSSR count). The minimum atomic E-state index is -0.643. The van der Waals surface area contributed by atoms with Gasteiger partial charge in [0.05, 0.1) is 16.9 Å². The second-order valence-corrected chi connectivity index (χ2v) is 7.03. The summed E-state index contributed by atoms with van der Waals surface area (Å²) < 4.78 is 5.08. The van der Waals surface area contributed by atoms with E-state index in [-0.39, 0.29) is 12.2 Å². The molecule has 0 aliphatic carbocycles. The summed E-state index contributed by atoms with van der Waals surface area (Å²) in [6, 6.07) is 7.46. The van der Waals surface area contributed by atoms with Crippen LogP contribution in [0.15, 0.2) is 41.0 Å². The zero-order valence-electron chi connectivity index (χ0n) is 16.9. The number of aliphatic imine (C=N–C) groups is 1. The Morgan fingerprint density at radius 2 is 2.13 bits per heavy atom. The lowest BCUT2D eigenvalue weighted by molar-refractivity contribution is -0.138. The van der Waals surface area contributed by atoms with Crippen LogP contribution < -0.4 is 15.5 Å². The SMILES string of the molecule is CN=Cc1c(Nc2ccc(N(C)C)c(C3=C(C=O)C(=O)OCCN3)c2)ccnc1Cl. The standard InChI is InChI=1S/C21H22ClN5O3/c1-23-11-15-17(6-7-25-20(15)22)26-13-4-5-18(27(2)3)14(10-13)19-16(12-28)21(29)30-9-8-24-19/h4-7,10-12,24H,8-9H2,1-3H3,(H,25,26). The van der Waals surface area contributed by atoms with Crippen molar-refractivity contribution < 1.29 is 14.3 Å². The molecule has 2 aromatic rings.